The van der Waals surface area contributed by atoms with Gasteiger partial charge in [-0.2, -0.15) is 0 Å². The molecule has 0 bridgehead atoms. The van der Waals surface area contributed by atoms with Crippen molar-refractivity contribution in [3.8, 4) is 0 Å². The van der Waals surface area contributed by atoms with Crippen LogP contribution in [0.1, 0.15) is 23.2 Å². The lowest BCUT2D eigenvalue weighted by Gasteiger charge is -2.23. The summed E-state index contributed by atoms with van der Waals surface area (Å²) in [6.45, 7) is 0. The molecule has 98 valence electrons. The van der Waals surface area contributed by atoms with Crippen molar-refractivity contribution >= 4 is 38.3 Å². The number of carbonyl (C=O) groups is 1. The van der Waals surface area contributed by atoms with Gasteiger partial charge in [0.25, 0.3) is 5.91 Å². The van der Waals surface area contributed by atoms with E-state index in [0.717, 1.165) is 3.57 Å². The van der Waals surface area contributed by atoms with E-state index in [4.69, 9.17) is 0 Å². The van der Waals surface area contributed by atoms with Crippen LogP contribution >= 0.6 is 22.6 Å². The van der Waals surface area contributed by atoms with Gasteiger partial charge in [-0.05, 0) is 47.6 Å². The van der Waals surface area contributed by atoms with E-state index in [0.29, 0.717) is 18.4 Å². The predicted octanol–water partition coefficient (Wildman–Crippen LogP) is 1.60. The minimum atomic E-state index is -2.88. The van der Waals surface area contributed by atoms with Crippen LogP contribution in [-0.2, 0) is 9.84 Å². The number of rotatable bonds is 2. The van der Waals surface area contributed by atoms with Crippen molar-refractivity contribution in [2.75, 3.05) is 11.5 Å². The molecule has 0 radical (unpaired) electrons. The Morgan fingerprint density at radius 2 is 1.83 bits per heavy atom. The molecule has 2 rings (SSSR count). The molecule has 0 aliphatic carbocycles. The van der Waals surface area contributed by atoms with E-state index in [1.807, 2.05) is 18.2 Å². The molecular formula is C12H14INO3S. The van der Waals surface area contributed by atoms with Crippen LogP contribution < -0.4 is 5.32 Å². The first-order valence-electron chi connectivity index (χ1n) is 5.74. The van der Waals surface area contributed by atoms with Crippen molar-refractivity contribution < 1.29 is 13.2 Å². The third-order valence-electron chi connectivity index (χ3n) is 3.01. The second-order valence-corrected chi connectivity index (χ2v) is 7.85. The molecule has 1 aliphatic heterocycles. The summed E-state index contributed by atoms with van der Waals surface area (Å²) in [7, 11) is -2.88. The second kappa shape index (κ2) is 5.56. The molecule has 1 aliphatic rings. The van der Waals surface area contributed by atoms with Crippen molar-refractivity contribution in [3.63, 3.8) is 0 Å². The number of hydrogen-bond acceptors (Lipinski definition) is 3. The summed E-state index contributed by atoms with van der Waals surface area (Å²) in [6.07, 6.45) is 1.02. The van der Waals surface area contributed by atoms with E-state index in [2.05, 4.69) is 27.9 Å². The molecule has 0 saturated carbocycles. The number of nitrogens with one attached hydrogen (secondary N) is 1. The largest absolute Gasteiger partial charge is 0.349 e. The molecule has 1 amide bonds. The lowest BCUT2D eigenvalue weighted by Crippen LogP contribution is -2.41. The Bertz CT molecular complexity index is 542. The fourth-order valence-electron chi connectivity index (χ4n) is 1.94. The zero-order chi connectivity index (χ0) is 13.2. The van der Waals surface area contributed by atoms with Gasteiger partial charge in [0.05, 0.1) is 17.1 Å². The Balaban J connectivity index is 1.99. The van der Waals surface area contributed by atoms with E-state index in [9.17, 15) is 13.2 Å². The molecule has 1 aromatic carbocycles. The number of carbonyl (C=O) groups excluding carboxylic acids is 1. The highest BCUT2D eigenvalue weighted by Gasteiger charge is 2.25. The third-order valence-corrected chi connectivity index (χ3v) is 5.66. The van der Waals surface area contributed by atoms with Gasteiger partial charge in [-0.25, -0.2) is 8.42 Å². The Kier molecular flexibility index (Phi) is 4.26. The molecule has 0 unspecified atom stereocenters. The number of sulfone groups is 1. The summed E-state index contributed by atoms with van der Waals surface area (Å²) < 4.78 is 23.5. The van der Waals surface area contributed by atoms with Gasteiger partial charge in [0.15, 0.2) is 0 Å². The quantitative estimate of drug-likeness (QED) is 0.795. The Morgan fingerprint density at radius 3 is 2.44 bits per heavy atom. The monoisotopic (exact) mass is 379 g/mol. The Hall–Kier alpha value is -0.630. The summed E-state index contributed by atoms with van der Waals surface area (Å²) in [5.74, 6) is 0.220. The van der Waals surface area contributed by atoms with Gasteiger partial charge >= 0.3 is 0 Å². The van der Waals surface area contributed by atoms with Crippen molar-refractivity contribution in [2.45, 2.75) is 18.9 Å². The van der Waals surface area contributed by atoms with Gasteiger partial charge in [-0.3, -0.25) is 4.79 Å². The normalized spacial score (nSPS) is 19.4. The fourth-order valence-corrected chi connectivity index (χ4v) is 4.07. The SMILES string of the molecule is O=C(NC1CCS(=O)(=O)CC1)c1ccccc1I. The van der Waals surface area contributed by atoms with Crippen molar-refractivity contribution in [1.82, 2.24) is 5.32 Å². The van der Waals surface area contributed by atoms with Crippen molar-refractivity contribution in [2.24, 2.45) is 0 Å². The molecule has 1 heterocycles. The molecule has 1 N–H and O–H groups in total. The summed E-state index contributed by atoms with van der Waals surface area (Å²) >= 11 is 2.12. The highest BCUT2D eigenvalue weighted by Crippen LogP contribution is 2.15. The fraction of sp³-hybridized carbons (Fsp3) is 0.417. The maximum absolute atomic E-state index is 12.0. The van der Waals surface area contributed by atoms with Crippen molar-refractivity contribution in [3.05, 3.63) is 33.4 Å². The first kappa shape index (κ1) is 13.8. The maximum atomic E-state index is 12.0. The van der Waals surface area contributed by atoms with Gasteiger partial charge < -0.3 is 5.32 Å². The topological polar surface area (TPSA) is 63.2 Å². The van der Waals surface area contributed by atoms with Crippen LogP contribution in [0.4, 0.5) is 0 Å². The Morgan fingerprint density at radius 1 is 1.22 bits per heavy atom. The number of halogens is 1. The third kappa shape index (κ3) is 3.44. The number of amides is 1. The molecule has 1 fully saturated rings. The van der Waals surface area contributed by atoms with Crippen LogP contribution in [0.3, 0.4) is 0 Å². The Labute approximate surface area is 120 Å². The summed E-state index contributed by atoms with van der Waals surface area (Å²) in [6, 6.07) is 7.32. The maximum Gasteiger partial charge on any atom is 0.252 e. The second-order valence-electron chi connectivity index (χ2n) is 4.38. The van der Waals surface area contributed by atoms with Crippen LogP contribution in [0.5, 0.6) is 0 Å². The van der Waals surface area contributed by atoms with Crippen LogP contribution in [-0.4, -0.2) is 31.9 Å². The molecule has 0 spiro atoms. The lowest BCUT2D eigenvalue weighted by molar-refractivity contribution is 0.0933. The molecule has 18 heavy (non-hydrogen) atoms. The minimum Gasteiger partial charge on any atom is -0.349 e. The summed E-state index contributed by atoms with van der Waals surface area (Å²) in [4.78, 5) is 12.0. The molecule has 4 nitrogen and oxygen atoms in total. The van der Waals surface area contributed by atoms with Gasteiger partial charge in [0.2, 0.25) is 0 Å². The minimum absolute atomic E-state index is 0.0305. The van der Waals surface area contributed by atoms with Gasteiger partial charge in [-0.15, -0.1) is 0 Å². The van der Waals surface area contributed by atoms with Crippen LogP contribution in [0, 0.1) is 3.57 Å². The van der Waals surface area contributed by atoms with Crippen LogP contribution in [0.15, 0.2) is 24.3 Å². The van der Waals surface area contributed by atoms with E-state index < -0.39 is 9.84 Å². The van der Waals surface area contributed by atoms with Crippen molar-refractivity contribution in [1.29, 1.82) is 0 Å². The van der Waals surface area contributed by atoms with E-state index in [1.165, 1.54) is 0 Å². The van der Waals surface area contributed by atoms with Gasteiger partial charge in [-0.1, -0.05) is 12.1 Å². The highest BCUT2D eigenvalue weighted by atomic mass is 127. The van der Waals surface area contributed by atoms with Crippen LogP contribution in [0.25, 0.3) is 0 Å². The van der Waals surface area contributed by atoms with E-state index in [1.54, 1.807) is 6.07 Å². The number of hydrogen-bond donors (Lipinski definition) is 1. The van der Waals surface area contributed by atoms with E-state index in [-0.39, 0.29) is 23.5 Å². The average Bonchev–Trinajstić information content (AvgIpc) is 2.32. The molecular weight excluding hydrogens is 365 g/mol. The lowest BCUT2D eigenvalue weighted by atomic mass is 10.1. The molecule has 1 aromatic rings. The summed E-state index contributed by atoms with van der Waals surface area (Å²) in [5, 5.41) is 2.91. The highest BCUT2D eigenvalue weighted by molar-refractivity contribution is 14.1. The standard InChI is InChI=1S/C12H14INO3S/c13-11-4-2-1-3-10(11)12(15)14-9-5-7-18(16,17)8-6-9/h1-4,9H,5-8H2,(H,14,15). The van der Waals surface area contributed by atoms with Crippen LogP contribution in [0.2, 0.25) is 0 Å². The van der Waals surface area contributed by atoms with Gasteiger partial charge in [0, 0.05) is 9.61 Å². The predicted molar refractivity (Wildman–Crippen MR) is 78.3 cm³/mol. The molecule has 1 saturated heterocycles. The van der Waals surface area contributed by atoms with Gasteiger partial charge in [0.1, 0.15) is 9.84 Å². The first-order chi connectivity index (χ1) is 8.48. The zero-order valence-corrected chi connectivity index (χ0v) is 12.7. The first-order valence-corrected chi connectivity index (χ1v) is 8.64. The summed E-state index contributed by atoms with van der Waals surface area (Å²) in [5.41, 5.74) is 0.645. The average molecular weight is 379 g/mol. The van der Waals surface area contributed by atoms with E-state index >= 15 is 0 Å². The number of benzene rings is 1. The molecule has 0 aromatic heterocycles. The molecule has 0 atom stereocenters. The zero-order valence-electron chi connectivity index (χ0n) is 9.73. The smallest absolute Gasteiger partial charge is 0.252 e. The molecule has 6 heteroatoms.